The molecule has 1 aromatic heterocycles. The Morgan fingerprint density at radius 2 is 1.95 bits per heavy atom. The third-order valence-electron chi connectivity index (χ3n) is 4.15. The highest BCUT2D eigenvalue weighted by Crippen LogP contribution is 2.46. The molecule has 5 heteroatoms. The summed E-state index contributed by atoms with van der Waals surface area (Å²) in [4.78, 5) is 8.56. The number of hydrogen-bond donors (Lipinski definition) is 1. The van der Waals surface area contributed by atoms with E-state index in [4.69, 9.17) is 15.7 Å². The molecule has 0 atom stereocenters. The minimum atomic E-state index is -0.461. The number of aromatic nitrogens is 2. The lowest BCUT2D eigenvalue weighted by molar-refractivity contribution is -0.0728. The van der Waals surface area contributed by atoms with Crippen LogP contribution in [0, 0.1) is 16.7 Å². The average Bonchev–Trinajstić information content (AvgIpc) is 2.39. The fourth-order valence-corrected chi connectivity index (χ4v) is 2.55. The van der Waals surface area contributed by atoms with Crippen molar-refractivity contribution < 1.29 is 4.74 Å². The van der Waals surface area contributed by atoms with Crippen molar-refractivity contribution in [3.63, 3.8) is 0 Å². The summed E-state index contributed by atoms with van der Waals surface area (Å²) in [5, 5.41) is 8.87. The SMILES string of the molecule is COC1(c2ncc(C#N)c(N)n2)CCC(C)(C)CC1. The van der Waals surface area contributed by atoms with E-state index in [2.05, 4.69) is 23.8 Å². The fraction of sp³-hybridized carbons (Fsp3) is 0.643. The predicted octanol–water partition coefficient (Wildman–Crippen LogP) is 2.37. The molecule has 1 saturated carbocycles. The van der Waals surface area contributed by atoms with E-state index >= 15 is 0 Å². The van der Waals surface area contributed by atoms with Crippen molar-refractivity contribution in [2.75, 3.05) is 12.8 Å². The van der Waals surface area contributed by atoms with Crippen molar-refractivity contribution >= 4 is 5.82 Å². The lowest BCUT2D eigenvalue weighted by Crippen LogP contribution is -2.38. The maximum Gasteiger partial charge on any atom is 0.162 e. The highest BCUT2D eigenvalue weighted by molar-refractivity contribution is 5.46. The Labute approximate surface area is 113 Å². The number of nitrogens with zero attached hydrogens (tertiary/aromatic N) is 3. The van der Waals surface area contributed by atoms with Crippen molar-refractivity contribution in [2.24, 2.45) is 5.41 Å². The quantitative estimate of drug-likeness (QED) is 0.882. The van der Waals surface area contributed by atoms with Crippen LogP contribution in [0.15, 0.2) is 6.20 Å². The van der Waals surface area contributed by atoms with Gasteiger partial charge in [0.1, 0.15) is 23.1 Å². The van der Waals surface area contributed by atoms with Crippen molar-refractivity contribution in [1.82, 2.24) is 9.97 Å². The van der Waals surface area contributed by atoms with Crippen molar-refractivity contribution in [2.45, 2.75) is 45.1 Å². The van der Waals surface area contributed by atoms with E-state index < -0.39 is 5.60 Å². The first kappa shape index (κ1) is 13.8. The second-order valence-electron chi connectivity index (χ2n) is 5.97. The molecule has 0 radical (unpaired) electrons. The Morgan fingerprint density at radius 3 is 2.42 bits per heavy atom. The minimum absolute atomic E-state index is 0.230. The van der Waals surface area contributed by atoms with Crippen molar-refractivity contribution in [3.05, 3.63) is 17.6 Å². The van der Waals surface area contributed by atoms with Gasteiger partial charge in [0.05, 0.1) is 6.20 Å². The number of methoxy groups -OCH3 is 1. The zero-order valence-corrected chi connectivity index (χ0v) is 11.7. The summed E-state index contributed by atoms with van der Waals surface area (Å²) in [7, 11) is 1.69. The highest BCUT2D eigenvalue weighted by atomic mass is 16.5. The molecule has 1 fully saturated rings. The second kappa shape index (κ2) is 4.78. The molecule has 1 aliphatic carbocycles. The minimum Gasteiger partial charge on any atom is -0.382 e. The summed E-state index contributed by atoms with van der Waals surface area (Å²) in [6.45, 7) is 4.53. The number of hydrogen-bond acceptors (Lipinski definition) is 5. The molecule has 0 unspecified atom stereocenters. The van der Waals surface area contributed by atoms with Gasteiger partial charge in [-0.05, 0) is 31.1 Å². The number of ether oxygens (including phenoxy) is 1. The molecule has 2 N–H and O–H groups in total. The molecular weight excluding hydrogens is 240 g/mol. The van der Waals surface area contributed by atoms with Gasteiger partial charge in [0.15, 0.2) is 5.82 Å². The Hall–Kier alpha value is -1.67. The maximum atomic E-state index is 8.87. The first-order valence-electron chi connectivity index (χ1n) is 6.51. The van der Waals surface area contributed by atoms with Gasteiger partial charge in [-0.15, -0.1) is 0 Å². The Kier molecular flexibility index (Phi) is 3.46. The van der Waals surface area contributed by atoms with E-state index in [-0.39, 0.29) is 5.82 Å². The van der Waals surface area contributed by atoms with Crippen LogP contribution < -0.4 is 5.73 Å². The Morgan fingerprint density at radius 1 is 1.32 bits per heavy atom. The van der Waals surface area contributed by atoms with Gasteiger partial charge in [-0.3, -0.25) is 0 Å². The number of nitrogens with two attached hydrogens (primary N) is 1. The van der Waals surface area contributed by atoms with Crippen LogP contribution in [-0.2, 0) is 10.3 Å². The molecule has 5 nitrogen and oxygen atoms in total. The standard InChI is InChI=1S/C14H20N4O/c1-13(2)4-6-14(19-3,7-5-13)12-17-9-10(8-15)11(16)18-12/h9H,4-7H2,1-3H3,(H2,16,17,18). The third kappa shape index (κ3) is 2.54. The molecule has 1 aromatic rings. The zero-order chi connectivity index (χ0) is 14.1. The van der Waals surface area contributed by atoms with Crippen molar-refractivity contribution in [3.8, 4) is 6.07 Å². The number of anilines is 1. The number of rotatable bonds is 2. The van der Waals surface area contributed by atoms with Crippen LogP contribution >= 0.6 is 0 Å². The first-order valence-corrected chi connectivity index (χ1v) is 6.51. The molecule has 0 bridgehead atoms. The van der Waals surface area contributed by atoms with E-state index in [0.717, 1.165) is 25.7 Å². The van der Waals surface area contributed by atoms with Gasteiger partial charge in [-0.2, -0.15) is 5.26 Å². The molecular formula is C14H20N4O. The summed E-state index contributed by atoms with van der Waals surface area (Å²) >= 11 is 0. The molecule has 1 aliphatic rings. The molecule has 1 heterocycles. The van der Waals surface area contributed by atoms with Gasteiger partial charge in [0, 0.05) is 7.11 Å². The van der Waals surface area contributed by atoms with Gasteiger partial charge >= 0.3 is 0 Å². The molecule has 0 saturated heterocycles. The molecule has 0 spiro atoms. The van der Waals surface area contributed by atoms with Crippen LogP contribution in [-0.4, -0.2) is 17.1 Å². The number of nitriles is 1. The maximum absolute atomic E-state index is 8.87. The van der Waals surface area contributed by atoms with E-state index in [1.165, 1.54) is 6.20 Å². The number of nitrogen functional groups attached to an aromatic ring is 1. The average molecular weight is 260 g/mol. The predicted molar refractivity (Wildman–Crippen MR) is 72.1 cm³/mol. The monoisotopic (exact) mass is 260 g/mol. The van der Waals surface area contributed by atoms with Crippen LogP contribution in [0.3, 0.4) is 0 Å². The largest absolute Gasteiger partial charge is 0.382 e. The summed E-state index contributed by atoms with van der Waals surface area (Å²) in [6, 6.07) is 1.98. The van der Waals surface area contributed by atoms with E-state index in [1.54, 1.807) is 7.11 Å². The Balaban J connectivity index is 2.33. The second-order valence-corrected chi connectivity index (χ2v) is 5.97. The van der Waals surface area contributed by atoms with Crippen LogP contribution in [0.5, 0.6) is 0 Å². The van der Waals surface area contributed by atoms with Gasteiger partial charge < -0.3 is 10.5 Å². The van der Waals surface area contributed by atoms with Crippen LogP contribution in [0.2, 0.25) is 0 Å². The molecule has 19 heavy (non-hydrogen) atoms. The first-order chi connectivity index (χ1) is 8.92. The highest BCUT2D eigenvalue weighted by Gasteiger charge is 2.42. The Bertz CT molecular complexity index is 509. The van der Waals surface area contributed by atoms with Crippen molar-refractivity contribution in [1.29, 1.82) is 5.26 Å². The third-order valence-corrected chi connectivity index (χ3v) is 4.15. The van der Waals surface area contributed by atoms with Crippen LogP contribution in [0.1, 0.15) is 50.9 Å². The van der Waals surface area contributed by atoms with Crippen LogP contribution in [0.4, 0.5) is 5.82 Å². The molecule has 0 aromatic carbocycles. The van der Waals surface area contributed by atoms with Gasteiger partial charge in [-0.1, -0.05) is 13.8 Å². The molecule has 0 aliphatic heterocycles. The topological polar surface area (TPSA) is 84.8 Å². The molecule has 0 amide bonds. The van der Waals surface area contributed by atoms with Gasteiger partial charge in [0.2, 0.25) is 0 Å². The summed E-state index contributed by atoms with van der Waals surface area (Å²) in [5.74, 6) is 0.829. The van der Waals surface area contributed by atoms with Gasteiger partial charge in [-0.25, -0.2) is 9.97 Å². The zero-order valence-electron chi connectivity index (χ0n) is 11.7. The lowest BCUT2D eigenvalue weighted by Gasteiger charge is -2.41. The molecule has 2 rings (SSSR count). The molecule has 102 valence electrons. The normalized spacial score (nSPS) is 20.7. The smallest absolute Gasteiger partial charge is 0.162 e. The lowest BCUT2D eigenvalue weighted by atomic mass is 9.70. The summed E-state index contributed by atoms with van der Waals surface area (Å²) in [6.07, 6.45) is 5.36. The van der Waals surface area contributed by atoms with Crippen LogP contribution in [0.25, 0.3) is 0 Å². The summed E-state index contributed by atoms with van der Waals surface area (Å²) in [5.41, 5.74) is 5.96. The van der Waals surface area contributed by atoms with E-state index in [9.17, 15) is 0 Å². The summed E-state index contributed by atoms with van der Waals surface area (Å²) < 4.78 is 5.72. The van der Waals surface area contributed by atoms with E-state index in [1.807, 2.05) is 6.07 Å². The fourth-order valence-electron chi connectivity index (χ4n) is 2.55. The van der Waals surface area contributed by atoms with Gasteiger partial charge in [0.25, 0.3) is 0 Å². The van der Waals surface area contributed by atoms with E-state index in [0.29, 0.717) is 16.8 Å².